The smallest absolute Gasteiger partial charge is 0.119 e. The van der Waals surface area contributed by atoms with E-state index >= 15 is 0 Å². The second kappa shape index (κ2) is 8.45. The van der Waals surface area contributed by atoms with Gasteiger partial charge >= 0.3 is 0 Å². The van der Waals surface area contributed by atoms with Crippen LogP contribution >= 0.6 is 27.3 Å². The number of rotatable bonds is 8. The van der Waals surface area contributed by atoms with Crippen LogP contribution in [0.2, 0.25) is 0 Å². The fourth-order valence-electron chi connectivity index (χ4n) is 1.81. The van der Waals surface area contributed by atoms with Crippen LogP contribution in [-0.4, -0.2) is 6.61 Å². The molecule has 0 aliphatic heterocycles. The molecular weight excluding hydrogens is 334 g/mol. The van der Waals surface area contributed by atoms with Crippen LogP contribution in [0.3, 0.4) is 0 Å². The van der Waals surface area contributed by atoms with Crippen LogP contribution in [0.15, 0.2) is 40.2 Å². The number of hydrogen-bond acceptors (Lipinski definition) is 3. The molecule has 1 N–H and O–H groups in total. The van der Waals surface area contributed by atoms with Crippen molar-refractivity contribution >= 4 is 27.3 Å². The molecule has 1 aromatic carbocycles. The highest BCUT2D eigenvalue weighted by atomic mass is 79.9. The van der Waals surface area contributed by atoms with Crippen molar-refractivity contribution in [1.82, 2.24) is 5.32 Å². The largest absolute Gasteiger partial charge is 0.494 e. The molecule has 0 atom stereocenters. The zero-order chi connectivity index (χ0) is 14.2. The molecule has 0 aliphatic rings. The number of ether oxygens (including phenoxy) is 1. The van der Waals surface area contributed by atoms with Crippen LogP contribution in [0, 0.1) is 0 Å². The second-order valence-corrected chi connectivity index (χ2v) is 6.59. The van der Waals surface area contributed by atoms with E-state index in [0.717, 1.165) is 36.3 Å². The molecule has 2 aromatic rings. The molecule has 1 heterocycles. The number of hydrogen-bond donors (Lipinski definition) is 1. The maximum Gasteiger partial charge on any atom is 0.119 e. The van der Waals surface area contributed by atoms with Crippen LogP contribution in [0.1, 0.15) is 30.2 Å². The van der Waals surface area contributed by atoms with Gasteiger partial charge in [-0.1, -0.05) is 25.5 Å². The van der Waals surface area contributed by atoms with E-state index in [0.29, 0.717) is 0 Å². The Morgan fingerprint density at radius 1 is 1.20 bits per heavy atom. The molecule has 108 valence electrons. The van der Waals surface area contributed by atoms with E-state index in [1.807, 2.05) is 0 Å². The number of nitrogens with one attached hydrogen (secondary N) is 1. The Bertz CT molecular complexity index is 509. The zero-order valence-electron chi connectivity index (χ0n) is 11.7. The fourth-order valence-corrected chi connectivity index (χ4v) is 3.24. The quantitative estimate of drug-likeness (QED) is 0.675. The second-order valence-electron chi connectivity index (χ2n) is 4.68. The van der Waals surface area contributed by atoms with E-state index < -0.39 is 0 Å². The van der Waals surface area contributed by atoms with Crippen molar-refractivity contribution in [3.8, 4) is 5.75 Å². The Balaban J connectivity index is 1.73. The minimum absolute atomic E-state index is 0.807. The summed E-state index contributed by atoms with van der Waals surface area (Å²) in [6, 6.07) is 10.5. The molecule has 0 unspecified atom stereocenters. The monoisotopic (exact) mass is 353 g/mol. The summed E-state index contributed by atoms with van der Waals surface area (Å²) in [6.45, 7) is 4.77. The van der Waals surface area contributed by atoms with Gasteiger partial charge in [-0.15, -0.1) is 11.3 Å². The first-order valence-corrected chi connectivity index (χ1v) is 8.60. The summed E-state index contributed by atoms with van der Waals surface area (Å²) in [5, 5.41) is 5.56. The molecule has 4 heteroatoms. The molecule has 2 rings (SSSR count). The van der Waals surface area contributed by atoms with Crippen molar-refractivity contribution in [3.63, 3.8) is 0 Å². The summed E-state index contributed by atoms with van der Waals surface area (Å²) in [6.07, 6.45) is 2.28. The SMILES string of the molecule is CCCCOc1ccc(CNCc2cc(Br)cs2)cc1. The number of thiophene rings is 1. The standard InChI is InChI=1S/C16H20BrNOS/c1-2-3-8-19-15-6-4-13(5-7-15)10-18-11-16-9-14(17)12-20-16/h4-7,9,12,18H,2-3,8,10-11H2,1H3. The van der Waals surface area contributed by atoms with Crippen LogP contribution in [0.25, 0.3) is 0 Å². The molecule has 0 fully saturated rings. The summed E-state index contributed by atoms with van der Waals surface area (Å²) >= 11 is 5.24. The zero-order valence-corrected chi connectivity index (χ0v) is 14.1. The van der Waals surface area contributed by atoms with Crippen LogP contribution in [0.4, 0.5) is 0 Å². The van der Waals surface area contributed by atoms with Crippen molar-refractivity contribution < 1.29 is 4.74 Å². The minimum atomic E-state index is 0.807. The van der Waals surface area contributed by atoms with Crippen molar-refractivity contribution in [1.29, 1.82) is 0 Å². The highest BCUT2D eigenvalue weighted by Crippen LogP contribution is 2.19. The predicted molar refractivity (Wildman–Crippen MR) is 89.4 cm³/mol. The van der Waals surface area contributed by atoms with Crippen LogP contribution < -0.4 is 10.1 Å². The molecule has 2 nitrogen and oxygen atoms in total. The molecule has 0 saturated heterocycles. The van der Waals surface area contributed by atoms with Gasteiger partial charge in [0, 0.05) is 27.8 Å². The van der Waals surface area contributed by atoms with Gasteiger partial charge < -0.3 is 10.1 Å². The van der Waals surface area contributed by atoms with Gasteiger partial charge in [0.2, 0.25) is 0 Å². The summed E-state index contributed by atoms with van der Waals surface area (Å²) < 4.78 is 6.81. The van der Waals surface area contributed by atoms with E-state index in [1.165, 1.54) is 16.9 Å². The van der Waals surface area contributed by atoms with Gasteiger partial charge in [0.1, 0.15) is 5.75 Å². The maximum absolute atomic E-state index is 5.65. The lowest BCUT2D eigenvalue weighted by Crippen LogP contribution is -2.11. The van der Waals surface area contributed by atoms with E-state index in [2.05, 4.69) is 63.9 Å². The van der Waals surface area contributed by atoms with E-state index in [4.69, 9.17) is 4.74 Å². The first-order chi connectivity index (χ1) is 9.78. The molecule has 0 saturated carbocycles. The normalized spacial score (nSPS) is 10.7. The van der Waals surface area contributed by atoms with Gasteiger partial charge in [0.15, 0.2) is 0 Å². The third-order valence-corrected chi connectivity index (χ3v) is 4.64. The van der Waals surface area contributed by atoms with Gasteiger partial charge in [-0.3, -0.25) is 0 Å². The Kier molecular flexibility index (Phi) is 6.57. The highest BCUT2D eigenvalue weighted by molar-refractivity contribution is 9.10. The topological polar surface area (TPSA) is 21.3 Å². The number of benzene rings is 1. The lowest BCUT2D eigenvalue weighted by molar-refractivity contribution is 0.309. The van der Waals surface area contributed by atoms with Crippen molar-refractivity contribution in [2.45, 2.75) is 32.9 Å². The van der Waals surface area contributed by atoms with Gasteiger partial charge in [-0.25, -0.2) is 0 Å². The van der Waals surface area contributed by atoms with Gasteiger partial charge in [0.05, 0.1) is 6.61 Å². The van der Waals surface area contributed by atoms with E-state index in [1.54, 1.807) is 11.3 Å². The van der Waals surface area contributed by atoms with E-state index in [9.17, 15) is 0 Å². The molecule has 0 amide bonds. The minimum Gasteiger partial charge on any atom is -0.494 e. The van der Waals surface area contributed by atoms with Crippen molar-refractivity contribution in [2.24, 2.45) is 0 Å². The fraction of sp³-hybridized carbons (Fsp3) is 0.375. The maximum atomic E-state index is 5.65. The lowest BCUT2D eigenvalue weighted by Gasteiger charge is -2.07. The molecule has 0 radical (unpaired) electrons. The Labute approximate surface area is 133 Å². The van der Waals surface area contributed by atoms with Gasteiger partial charge in [-0.2, -0.15) is 0 Å². The summed E-state index contributed by atoms with van der Waals surface area (Å²) in [5.41, 5.74) is 1.28. The molecule has 0 aliphatic carbocycles. The Morgan fingerprint density at radius 3 is 2.65 bits per heavy atom. The molecular formula is C16H20BrNOS. The van der Waals surface area contributed by atoms with Crippen molar-refractivity contribution in [3.05, 3.63) is 50.6 Å². The number of halogens is 1. The third-order valence-electron chi connectivity index (χ3n) is 2.94. The third kappa shape index (κ3) is 5.27. The predicted octanol–water partition coefficient (Wildman–Crippen LogP) is 4.98. The van der Waals surface area contributed by atoms with Gasteiger partial charge in [0.25, 0.3) is 0 Å². The first-order valence-electron chi connectivity index (χ1n) is 6.93. The summed E-state index contributed by atoms with van der Waals surface area (Å²) in [4.78, 5) is 1.34. The average molecular weight is 354 g/mol. The Morgan fingerprint density at radius 2 is 2.00 bits per heavy atom. The Hall–Kier alpha value is -0.840. The molecule has 0 bridgehead atoms. The molecule has 20 heavy (non-hydrogen) atoms. The van der Waals surface area contributed by atoms with Gasteiger partial charge in [-0.05, 0) is 46.1 Å². The molecule has 0 spiro atoms. The van der Waals surface area contributed by atoms with Crippen LogP contribution in [-0.2, 0) is 13.1 Å². The summed E-state index contributed by atoms with van der Waals surface area (Å²) in [7, 11) is 0. The summed E-state index contributed by atoms with van der Waals surface area (Å²) in [5.74, 6) is 0.962. The van der Waals surface area contributed by atoms with Crippen molar-refractivity contribution in [2.75, 3.05) is 6.61 Å². The van der Waals surface area contributed by atoms with E-state index in [-0.39, 0.29) is 0 Å². The number of unbranched alkanes of at least 4 members (excludes halogenated alkanes) is 1. The molecule has 1 aromatic heterocycles. The van der Waals surface area contributed by atoms with Crippen LogP contribution in [0.5, 0.6) is 5.75 Å². The lowest BCUT2D eigenvalue weighted by atomic mass is 10.2. The average Bonchev–Trinajstić information content (AvgIpc) is 2.87. The highest BCUT2D eigenvalue weighted by Gasteiger charge is 1.99. The first kappa shape index (κ1) is 15.5.